The quantitative estimate of drug-likeness (QED) is 0.594. The Balaban J connectivity index is 2.30. The van der Waals surface area contributed by atoms with Crippen LogP contribution in [0.15, 0.2) is 18.3 Å². The van der Waals surface area contributed by atoms with Gasteiger partial charge in [-0.2, -0.15) is 0 Å². The number of aliphatic hydroxyl groups is 1. The van der Waals surface area contributed by atoms with Gasteiger partial charge in [-0.25, -0.2) is 0 Å². The molecule has 0 aliphatic carbocycles. The molecule has 0 aliphatic rings. The number of nitrogens with one attached hydrogen (secondary N) is 2. The minimum absolute atomic E-state index is 0.0503. The lowest BCUT2D eigenvalue weighted by Gasteiger charge is -2.24. The first kappa shape index (κ1) is 18.2. The first-order valence-electron chi connectivity index (χ1n) is 7.46. The van der Waals surface area contributed by atoms with Crippen molar-refractivity contribution in [2.75, 3.05) is 40.3 Å². The summed E-state index contributed by atoms with van der Waals surface area (Å²) in [4.78, 5) is 29.9. The molecule has 22 heavy (non-hydrogen) atoms. The van der Waals surface area contributed by atoms with E-state index in [-0.39, 0.29) is 24.9 Å². The molecule has 1 atom stereocenters. The summed E-state index contributed by atoms with van der Waals surface area (Å²) >= 11 is 0. The summed E-state index contributed by atoms with van der Waals surface area (Å²) in [5.41, 5.74) is 0.442. The molecule has 0 fully saturated rings. The van der Waals surface area contributed by atoms with Crippen LogP contribution in [0.3, 0.4) is 0 Å². The molecule has 0 radical (unpaired) electrons. The highest BCUT2D eigenvalue weighted by Gasteiger charge is 2.16. The van der Waals surface area contributed by atoms with E-state index >= 15 is 0 Å². The van der Waals surface area contributed by atoms with E-state index in [1.807, 2.05) is 11.9 Å². The molecular formula is C15H26N4O3. The van der Waals surface area contributed by atoms with E-state index in [1.165, 1.54) is 4.90 Å². The number of aromatic nitrogens is 1. The molecule has 1 heterocycles. The molecular weight excluding hydrogens is 284 g/mol. The van der Waals surface area contributed by atoms with E-state index in [4.69, 9.17) is 0 Å². The molecule has 0 aliphatic heterocycles. The second kappa shape index (κ2) is 9.22. The SMILES string of the molecule is CCCN(C)CC(=O)N(C)CC(O)CNC(=O)c1ccc[nH]1. The van der Waals surface area contributed by atoms with Crippen molar-refractivity contribution in [2.45, 2.75) is 19.4 Å². The third kappa shape index (κ3) is 6.28. The van der Waals surface area contributed by atoms with E-state index in [0.717, 1.165) is 13.0 Å². The van der Waals surface area contributed by atoms with Crippen molar-refractivity contribution in [1.29, 1.82) is 0 Å². The van der Waals surface area contributed by atoms with Gasteiger partial charge in [-0.15, -0.1) is 0 Å². The van der Waals surface area contributed by atoms with Crippen LogP contribution in [0.25, 0.3) is 0 Å². The number of nitrogens with zero attached hydrogens (tertiary/aromatic N) is 2. The molecule has 0 saturated heterocycles. The zero-order valence-corrected chi connectivity index (χ0v) is 13.5. The highest BCUT2D eigenvalue weighted by Crippen LogP contribution is 1.96. The normalized spacial score (nSPS) is 12.2. The molecule has 1 unspecified atom stereocenters. The summed E-state index contributed by atoms with van der Waals surface area (Å²) < 4.78 is 0. The molecule has 0 bridgehead atoms. The number of carbonyl (C=O) groups is 2. The van der Waals surface area contributed by atoms with Crippen molar-refractivity contribution in [3.8, 4) is 0 Å². The van der Waals surface area contributed by atoms with Crippen LogP contribution in [0.4, 0.5) is 0 Å². The standard InChI is InChI=1S/C15H26N4O3/c1-4-8-18(2)11-14(21)19(3)10-12(20)9-17-15(22)13-6-5-7-16-13/h5-7,12,16,20H,4,8-11H2,1-3H3,(H,17,22). The van der Waals surface area contributed by atoms with Gasteiger partial charge in [0.2, 0.25) is 5.91 Å². The maximum Gasteiger partial charge on any atom is 0.267 e. The molecule has 0 saturated carbocycles. The number of rotatable bonds is 9. The van der Waals surface area contributed by atoms with Crippen LogP contribution in [0.2, 0.25) is 0 Å². The smallest absolute Gasteiger partial charge is 0.267 e. The fraction of sp³-hybridized carbons (Fsp3) is 0.600. The van der Waals surface area contributed by atoms with E-state index in [2.05, 4.69) is 17.2 Å². The minimum Gasteiger partial charge on any atom is -0.389 e. The van der Waals surface area contributed by atoms with E-state index in [0.29, 0.717) is 12.2 Å². The maximum atomic E-state index is 12.0. The zero-order valence-electron chi connectivity index (χ0n) is 13.5. The number of amides is 2. The Morgan fingerprint density at radius 3 is 2.73 bits per heavy atom. The van der Waals surface area contributed by atoms with Gasteiger partial charge in [0.05, 0.1) is 12.6 Å². The van der Waals surface area contributed by atoms with Gasteiger partial charge in [0.1, 0.15) is 5.69 Å². The largest absolute Gasteiger partial charge is 0.389 e. The predicted octanol–water partition coefficient (Wildman–Crippen LogP) is -0.0944. The van der Waals surface area contributed by atoms with Crippen LogP contribution in [-0.2, 0) is 4.79 Å². The van der Waals surface area contributed by atoms with Gasteiger partial charge >= 0.3 is 0 Å². The van der Waals surface area contributed by atoms with Crippen molar-refractivity contribution in [1.82, 2.24) is 20.1 Å². The molecule has 7 nitrogen and oxygen atoms in total. The summed E-state index contributed by atoms with van der Waals surface area (Å²) in [5.74, 6) is -0.327. The Labute approximate surface area is 131 Å². The lowest BCUT2D eigenvalue weighted by molar-refractivity contribution is -0.132. The minimum atomic E-state index is -0.802. The number of aliphatic hydroxyl groups excluding tert-OH is 1. The van der Waals surface area contributed by atoms with E-state index < -0.39 is 6.10 Å². The predicted molar refractivity (Wildman–Crippen MR) is 84.6 cm³/mol. The van der Waals surface area contributed by atoms with Gasteiger partial charge in [0.25, 0.3) is 5.91 Å². The topological polar surface area (TPSA) is 88.7 Å². The molecule has 0 aromatic carbocycles. The molecule has 1 rings (SSSR count). The van der Waals surface area contributed by atoms with Crippen LogP contribution in [0.1, 0.15) is 23.8 Å². The Morgan fingerprint density at radius 1 is 1.41 bits per heavy atom. The summed E-state index contributed by atoms with van der Waals surface area (Å²) in [6.07, 6.45) is 1.84. The molecule has 2 amide bonds. The Kier molecular flexibility index (Phi) is 7.62. The first-order valence-corrected chi connectivity index (χ1v) is 7.46. The van der Waals surface area contributed by atoms with E-state index in [1.54, 1.807) is 25.4 Å². The van der Waals surface area contributed by atoms with Crippen molar-refractivity contribution in [3.05, 3.63) is 24.0 Å². The third-order valence-corrected chi connectivity index (χ3v) is 3.26. The van der Waals surface area contributed by atoms with Gasteiger partial charge < -0.3 is 20.3 Å². The Bertz CT molecular complexity index is 461. The fourth-order valence-electron chi connectivity index (χ4n) is 2.07. The van der Waals surface area contributed by atoms with Crippen molar-refractivity contribution in [3.63, 3.8) is 0 Å². The molecule has 1 aromatic rings. The summed E-state index contributed by atoms with van der Waals surface area (Å²) in [7, 11) is 3.54. The molecule has 124 valence electrons. The first-order chi connectivity index (χ1) is 10.4. The van der Waals surface area contributed by atoms with Crippen LogP contribution >= 0.6 is 0 Å². The van der Waals surface area contributed by atoms with Crippen LogP contribution in [0.5, 0.6) is 0 Å². The second-order valence-electron chi connectivity index (χ2n) is 5.46. The van der Waals surface area contributed by atoms with Gasteiger partial charge in [-0.05, 0) is 32.1 Å². The number of hydrogen-bond acceptors (Lipinski definition) is 4. The van der Waals surface area contributed by atoms with E-state index in [9.17, 15) is 14.7 Å². The maximum absolute atomic E-state index is 12.0. The number of aromatic amines is 1. The summed E-state index contributed by atoms with van der Waals surface area (Å²) in [6, 6.07) is 3.38. The van der Waals surface area contributed by atoms with Crippen LogP contribution < -0.4 is 5.32 Å². The average molecular weight is 310 g/mol. The fourth-order valence-corrected chi connectivity index (χ4v) is 2.07. The number of likely N-dealkylation sites (N-methyl/N-ethyl adjacent to an activating group) is 2. The molecule has 1 aromatic heterocycles. The summed E-state index contributed by atoms with van der Waals surface area (Å²) in [6.45, 7) is 3.52. The molecule has 0 spiro atoms. The molecule has 3 N–H and O–H groups in total. The summed E-state index contributed by atoms with van der Waals surface area (Å²) in [5, 5.41) is 12.5. The van der Waals surface area contributed by atoms with Gasteiger partial charge in [0.15, 0.2) is 0 Å². The highest BCUT2D eigenvalue weighted by atomic mass is 16.3. The van der Waals surface area contributed by atoms with Crippen molar-refractivity contribution >= 4 is 11.8 Å². The highest BCUT2D eigenvalue weighted by molar-refractivity contribution is 5.92. The number of carbonyl (C=O) groups excluding carboxylic acids is 2. The number of H-pyrrole nitrogens is 1. The second-order valence-corrected chi connectivity index (χ2v) is 5.46. The Morgan fingerprint density at radius 2 is 2.14 bits per heavy atom. The van der Waals surface area contributed by atoms with Gasteiger partial charge in [0, 0.05) is 26.3 Å². The lowest BCUT2D eigenvalue weighted by atomic mass is 10.3. The van der Waals surface area contributed by atoms with Gasteiger partial charge in [-0.3, -0.25) is 14.5 Å². The monoisotopic (exact) mass is 310 g/mol. The number of hydrogen-bond donors (Lipinski definition) is 3. The molecule has 7 heteroatoms. The van der Waals surface area contributed by atoms with Crippen molar-refractivity contribution in [2.24, 2.45) is 0 Å². The lowest BCUT2D eigenvalue weighted by Crippen LogP contribution is -2.44. The van der Waals surface area contributed by atoms with Crippen LogP contribution in [-0.4, -0.2) is 78.1 Å². The van der Waals surface area contributed by atoms with Crippen LogP contribution in [0, 0.1) is 0 Å². The average Bonchev–Trinajstić information content (AvgIpc) is 2.99. The third-order valence-electron chi connectivity index (χ3n) is 3.26. The van der Waals surface area contributed by atoms with Gasteiger partial charge in [-0.1, -0.05) is 6.92 Å². The Hall–Kier alpha value is -1.86. The zero-order chi connectivity index (χ0) is 16.5. The van der Waals surface area contributed by atoms with Crippen molar-refractivity contribution < 1.29 is 14.7 Å².